The highest BCUT2D eigenvalue weighted by molar-refractivity contribution is 5.86. The van der Waals surface area contributed by atoms with Crippen molar-refractivity contribution in [1.29, 1.82) is 0 Å². The van der Waals surface area contributed by atoms with Crippen molar-refractivity contribution in [3.05, 3.63) is 90.0 Å². The van der Waals surface area contributed by atoms with Crippen LogP contribution in [0.15, 0.2) is 78.9 Å². The van der Waals surface area contributed by atoms with Crippen molar-refractivity contribution in [1.82, 2.24) is 4.98 Å². The zero-order valence-electron chi connectivity index (χ0n) is 13.2. The lowest BCUT2D eigenvalue weighted by Crippen LogP contribution is -2.00. The number of allylic oxidation sites excluding steroid dienone is 4. The van der Waals surface area contributed by atoms with E-state index < -0.39 is 0 Å². The summed E-state index contributed by atoms with van der Waals surface area (Å²) in [5.41, 5.74) is 6.00. The van der Waals surface area contributed by atoms with E-state index in [0.29, 0.717) is 5.92 Å². The van der Waals surface area contributed by atoms with E-state index >= 15 is 0 Å². The molecule has 4 rings (SSSR count). The van der Waals surface area contributed by atoms with Crippen LogP contribution in [0.4, 0.5) is 0 Å². The molecule has 0 aliphatic heterocycles. The van der Waals surface area contributed by atoms with Gasteiger partial charge in [0, 0.05) is 16.9 Å². The standard InChI is InChI=1S/C22H19N/c1-16-9-5-6-12-18(16)22-15-20(17-10-3-2-4-11-17)19-13-7-8-14-21(19)23-22/h2-10,12-15,17H,11H2,1H3. The minimum atomic E-state index is 0.427. The number of fused-ring (bicyclic) bond motifs is 1. The molecule has 0 radical (unpaired) electrons. The Hall–Kier alpha value is -2.67. The molecule has 1 aliphatic carbocycles. The van der Waals surface area contributed by atoms with Crippen LogP contribution in [-0.2, 0) is 0 Å². The maximum Gasteiger partial charge on any atom is 0.0715 e. The lowest BCUT2D eigenvalue weighted by atomic mass is 9.88. The number of hydrogen-bond acceptors (Lipinski definition) is 1. The number of hydrogen-bond donors (Lipinski definition) is 0. The third-order valence-electron chi connectivity index (χ3n) is 4.55. The molecule has 3 aromatic rings. The predicted octanol–water partition coefficient (Wildman–Crippen LogP) is 5.81. The summed E-state index contributed by atoms with van der Waals surface area (Å²) < 4.78 is 0. The molecule has 112 valence electrons. The molecule has 0 amide bonds. The van der Waals surface area contributed by atoms with E-state index in [2.05, 4.69) is 85.8 Å². The molecule has 0 N–H and O–H groups in total. The number of benzene rings is 2. The Balaban J connectivity index is 1.95. The molecule has 0 fully saturated rings. The summed E-state index contributed by atoms with van der Waals surface area (Å²) in [6.45, 7) is 2.15. The highest BCUT2D eigenvalue weighted by atomic mass is 14.7. The smallest absolute Gasteiger partial charge is 0.0715 e. The molecule has 1 unspecified atom stereocenters. The first-order valence-corrected chi connectivity index (χ1v) is 8.12. The van der Waals surface area contributed by atoms with Gasteiger partial charge >= 0.3 is 0 Å². The Bertz CT molecular complexity index is 918. The summed E-state index contributed by atoms with van der Waals surface area (Å²) >= 11 is 0. The molecule has 1 aromatic heterocycles. The van der Waals surface area contributed by atoms with Crippen molar-refractivity contribution in [2.24, 2.45) is 0 Å². The lowest BCUT2D eigenvalue weighted by molar-refractivity contribution is 0.861. The van der Waals surface area contributed by atoms with E-state index in [1.807, 2.05) is 0 Å². The summed E-state index contributed by atoms with van der Waals surface area (Å²) in [5, 5.41) is 1.26. The molecule has 23 heavy (non-hydrogen) atoms. The highest BCUT2D eigenvalue weighted by Crippen LogP contribution is 2.34. The molecular formula is C22H19N. The molecule has 0 bridgehead atoms. The Labute approximate surface area is 137 Å². The molecule has 1 aliphatic rings. The third-order valence-corrected chi connectivity index (χ3v) is 4.55. The second-order valence-corrected chi connectivity index (χ2v) is 6.08. The van der Waals surface area contributed by atoms with Crippen LogP contribution >= 0.6 is 0 Å². The predicted molar refractivity (Wildman–Crippen MR) is 97.6 cm³/mol. The Morgan fingerprint density at radius 2 is 1.78 bits per heavy atom. The number of rotatable bonds is 2. The SMILES string of the molecule is Cc1ccccc1-c1cc(C2C=CC=CC2)c2ccccc2n1. The van der Waals surface area contributed by atoms with E-state index in [1.165, 1.54) is 22.1 Å². The summed E-state index contributed by atoms with van der Waals surface area (Å²) in [7, 11) is 0. The molecule has 1 heterocycles. The number of pyridine rings is 1. The van der Waals surface area contributed by atoms with Gasteiger partial charge in [0.15, 0.2) is 0 Å². The van der Waals surface area contributed by atoms with Crippen LogP contribution in [0.5, 0.6) is 0 Å². The molecule has 0 saturated carbocycles. The van der Waals surface area contributed by atoms with Gasteiger partial charge in [0.2, 0.25) is 0 Å². The highest BCUT2D eigenvalue weighted by Gasteiger charge is 2.15. The zero-order chi connectivity index (χ0) is 15.6. The van der Waals surface area contributed by atoms with Crippen molar-refractivity contribution >= 4 is 10.9 Å². The number of nitrogens with zero attached hydrogens (tertiary/aromatic N) is 1. The van der Waals surface area contributed by atoms with Crippen LogP contribution < -0.4 is 0 Å². The largest absolute Gasteiger partial charge is 0.248 e. The maximum atomic E-state index is 4.92. The molecule has 2 aromatic carbocycles. The number of aromatic nitrogens is 1. The van der Waals surface area contributed by atoms with E-state index in [4.69, 9.17) is 4.98 Å². The van der Waals surface area contributed by atoms with Crippen molar-refractivity contribution in [2.75, 3.05) is 0 Å². The van der Waals surface area contributed by atoms with E-state index in [1.54, 1.807) is 0 Å². The summed E-state index contributed by atoms with van der Waals surface area (Å²) in [6, 6.07) is 19.2. The van der Waals surface area contributed by atoms with Crippen molar-refractivity contribution in [2.45, 2.75) is 19.3 Å². The summed E-state index contributed by atoms with van der Waals surface area (Å²) in [4.78, 5) is 4.92. The van der Waals surface area contributed by atoms with E-state index in [-0.39, 0.29) is 0 Å². The van der Waals surface area contributed by atoms with Gasteiger partial charge in [0.05, 0.1) is 11.2 Å². The molecule has 0 saturated heterocycles. The molecule has 1 atom stereocenters. The van der Waals surface area contributed by atoms with Crippen LogP contribution in [0.3, 0.4) is 0 Å². The third kappa shape index (κ3) is 2.59. The molecule has 0 spiro atoms. The van der Waals surface area contributed by atoms with Crippen molar-refractivity contribution < 1.29 is 0 Å². The first-order chi connectivity index (χ1) is 11.3. The quantitative estimate of drug-likeness (QED) is 0.581. The van der Waals surface area contributed by atoms with Crippen LogP contribution in [-0.4, -0.2) is 4.98 Å². The van der Waals surface area contributed by atoms with Gasteiger partial charge in [-0.25, -0.2) is 4.98 Å². The van der Waals surface area contributed by atoms with Crippen molar-refractivity contribution in [3.63, 3.8) is 0 Å². The van der Waals surface area contributed by atoms with Gasteiger partial charge in [-0.15, -0.1) is 0 Å². The fourth-order valence-electron chi connectivity index (χ4n) is 3.32. The number of para-hydroxylation sites is 1. The van der Waals surface area contributed by atoms with Gasteiger partial charge in [-0.3, -0.25) is 0 Å². The first kappa shape index (κ1) is 14.0. The Morgan fingerprint density at radius 1 is 0.957 bits per heavy atom. The van der Waals surface area contributed by atoms with Gasteiger partial charge in [-0.05, 0) is 36.6 Å². The van der Waals surface area contributed by atoms with Gasteiger partial charge in [0.1, 0.15) is 0 Å². The topological polar surface area (TPSA) is 12.9 Å². The zero-order valence-corrected chi connectivity index (χ0v) is 13.2. The molecular weight excluding hydrogens is 278 g/mol. The Kier molecular flexibility index (Phi) is 3.55. The fourth-order valence-corrected chi connectivity index (χ4v) is 3.32. The van der Waals surface area contributed by atoms with Crippen LogP contribution in [0, 0.1) is 6.92 Å². The second kappa shape index (κ2) is 5.85. The summed E-state index contributed by atoms with van der Waals surface area (Å²) in [6.07, 6.45) is 9.87. The fraction of sp³-hybridized carbons (Fsp3) is 0.136. The van der Waals surface area contributed by atoms with Gasteiger partial charge in [-0.2, -0.15) is 0 Å². The number of aryl methyl sites for hydroxylation is 1. The van der Waals surface area contributed by atoms with Gasteiger partial charge in [-0.1, -0.05) is 66.8 Å². The van der Waals surface area contributed by atoms with Gasteiger partial charge < -0.3 is 0 Å². The maximum absolute atomic E-state index is 4.92. The van der Waals surface area contributed by atoms with Crippen molar-refractivity contribution in [3.8, 4) is 11.3 Å². The first-order valence-electron chi connectivity index (χ1n) is 8.12. The van der Waals surface area contributed by atoms with Crippen LogP contribution in [0.1, 0.15) is 23.5 Å². The van der Waals surface area contributed by atoms with Crippen LogP contribution in [0.25, 0.3) is 22.2 Å². The van der Waals surface area contributed by atoms with Crippen LogP contribution in [0.2, 0.25) is 0 Å². The van der Waals surface area contributed by atoms with E-state index in [0.717, 1.165) is 17.6 Å². The lowest BCUT2D eigenvalue weighted by Gasteiger charge is -2.18. The minimum absolute atomic E-state index is 0.427. The average Bonchev–Trinajstić information content (AvgIpc) is 2.62. The second-order valence-electron chi connectivity index (χ2n) is 6.08. The van der Waals surface area contributed by atoms with Gasteiger partial charge in [0.25, 0.3) is 0 Å². The Morgan fingerprint density at radius 3 is 2.61 bits per heavy atom. The van der Waals surface area contributed by atoms with E-state index in [9.17, 15) is 0 Å². The minimum Gasteiger partial charge on any atom is -0.248 e. The average molecular weight is 297 g/mol. The molecule has 1 heteroatoms. The normalized spacial score (nSPS) is 16.8. The summed E-state index contributed by atoms with van der Waals surface area (Å²) in [5.74, 6) is 0.427. The molecule has 1 nitrogen and oxygen atoms in total. The monoisotopic (exact) mass is 297 g/mol.